The average molecular weight is 293 g/mol. The summed E-state index contributed by atoms with van der Waals surface area (Å²) in [4.78, 5) is 20.7. The Hall–Kier alpha value is -1.76. The van der Waals surface area contributed by atoms with E-state index < -0.39 is 0 Å². The van der Waals surface area contributed by atoms with Crippen LogP contribution in [0.2, 0.25) is 0 Å². The summed E-state index contributed by atoms with van der Waals surface area (Å²) in [5.41, 5.74) is 0.949. The zero-order valence-corrected chi connectivity index (χ0v) is 12.9. The molecule has 7 heteroatoms. The van der Waals surface area contributed by atoms with Gasteiger partial charge in [-0.3, -0.25) is 4.79 Å². The van der Waals surface area contributed by atoms with Gasteiger partial charge in [0, 0.05) is 11.9 Å². The maximum Gasteiger partial charge on any atom is 0.280 e. The molecule has 2 aromatic rings. The molecule has 0 fully saturated rings. The molecule has 0 unspecified atom stereocenters. The molecule has 6 nitrogen and oxygen atoms in total. The Morgan fingerprint density at radius 3 is 2.80 bits per heavy atom. The molecule has 0 bridgehead atoms. The molecule has 0 saturated heterocycles. The summed E-state index contributed by atoms with van der Waals surface area (Å²) in [6.07, 6.45) is 1.50. The van der Waals surface area contributed by atoms with Crippen LogP contribution in [0.15, 0.2) is 11.7 Å². The van der Waals surface area contributed by atoms with Crippen LogP contribution < -0.4 is 5.32 Å². The van der Waals surface area contributed by atoms with Crippen LogP contribution in [0.5, 0.6) is 0 Å². The average Bonchev–Trinajstić information content (AvgIpc) is 3.07. The van der Waals surface area contributed by atoms with Crippen LogP contribution in [0.1, 0.15) is 61.0 Å². The molecule has 0 saturated carbocycles. The van der Waals surface area contributed by atoms with Gasteiger partial charge in [-0.1, -0.05) is 13.8 Å². The van der Waals surface area contributed by atoms with E-state index in [-0.39, 0.29) is 11.9 Å². The maximum atomic E-state index is 12.2. The standard InChI is InChI=1S/C13H19N5OS/c1-5-18-11(14-7-15-18)9(4)16-12(19)13-17-10(6-20-13)8(2)3/h6-9H,5H2,1-4H3,(H,16,19)/t9-/m0/s1. The van der Waals surface area contributed by atoms with Crippen LogP contribution in [0.25, 0.3) is 0 Å². The second-order valence-corrected chi connectivity index (χ2v) is 5.72. The number of nitrogens with zero attached hydrogens (tertiary/aromatic N) is 4. The third-order valence-electron chi connectivity index (χ3n) is 2.99. The molecule has 0 aliphatic rings. The number of hydrogen-bond donors (Lipinski definition) is 1. The molecule has 1 amide bonds. The lowest BCUT2D eigenvalue weighted by Gasteiger charge is -2.12. The lowest BCUT2D eigenvalue weighted by molar-refractivity contribution is 0.0937. The monoisotopic (exact) mass is 293 g/mol. The third-order valence-corrected chi connectivity index (χ3v) is 3.85. The number of carbonyl (C=O) groups is 1. The number of carbonyl (C=O) groups excluding carboxylic acids is 1. The van der Waals surface area contributed by atoms with Gasteiger partial charge in [-0.15, -0.1) is 11.3 Å². The Bertz CT molecular complexity index is 589. The van der Waals surface area contributed by atoms with Gasteiger partial charge in [0.05, 0.1) is 11.7 Å². The van der Waals surface area contributed by atoms with E-state index in [1.165, 1.54) is 17.7 Å². The van der Waals surface area contributed by atoms with Gasteiger partial charge in [0.25, 0.3) is 5.91 Å². The molecule has 0 spiro atoms. The highest BCUT2D eigenvalue weighted by atomic mass is 32.1. The van der Waals surface area contributed by atoms with Gasteiger partial charge in [0.1, 0.15) is 12.2 Å². The van der Waals surface area contributed by atoms with Crippen LogP contribution in [0.3, 0.4) is 0 Å². The van der Waals surface area contributed by atoms with Crippen molar-refractivity contribution in [1.82, 2.24) is 25.1 Å². The maximum absolute atomic E-state index is 12.2. The number of aromatic nitrogens is 4. The van der Waals surface area contributed by atoms with Crippen LogP contribution in [0, 0.1) is 0 Å². The van der Waals surface area contributed by atoms with E-state index in [9.17, 15) is 4.79 Å². The SMILES string of the molecule is CCn1ncnc1[C@H](C)NC(=O)c1nc(C(C)C)cs1. The van der Waals surface area contributed by atoms with Crippen molar-refractivity contribution in [2.45, 2.75) is 46.2 Å². The van der Waals surface area contributed by atoms with Gasteiger partial charge in [-0.25, -0.2) is 14.6 Å². The number of hydrogen-bond acceptors (Lipinski definition) is 5. The molecule has 1 atom stereocenters. The largest absolute Gasteiger partial charge is 0.340 e. The Balaban J connectivity index is 2.07. The first-order valence-corrected chi connectivity index (χ1v) is 7.54. The van der Waals surface area contributed by atoms with E-state index in [1.54, 1.807) is 4.68 Å². The molecular formula is C13H19N5OS. The predicted molar refractivity (Wildman–Crippen MR) is 77.8 cm³/mol. The van der Waals surface area contributed by atoms with Crippen molar-refractivity contribution in [3.63, 3.8) is 0 Å². The lowest BCUT2D eigenvalue weighted by Crippen LogP contribution is -2.28. The highest BCUT2D eigenvalue weighted by Gasteiger charge is 2.18. The molecule has 2 heterocycles. The molecule has 108 valence electrons. The second kappa shape index (κ2) is 6.13. The van der Waals surface area contributed by atoms with E-state index in [4.69, 9.17) is 0 Å². The summed E-state index contributed by atoms with van der Waals surface area (Å²) in [6.45, 7) is 8.73. The van der Waals surface area contributed by atoms with E-state index in [0.29, 0.717) is 10.9 Å². The fraction of sp³-hybridized carbons (Fsp3) is 0.538. The summed E-state index contributed by atoms with van der Waals surface area (Å²) >= 11 is 1.37. The fourth-order valence-corrected chi connectivity index (χ4v) is 2.71. The summed E-state index contributed by atoms with van der Waals surface area (Å²) in [7, 11) is 0. The molecule has 0 aliphatic heterocycles. The van der Waals surface area contributed by atoms with Gasteiger partial charge >= 0.3 is 0 Å². The number of amides is 1. The molecule has 20 heavy (non-hydrogen) atoms. The van der Waals surface area contributed by atoms with E-state index in [2.05, 4.69) is 34.2 Å². The summed E-state index contributed by atoms with van der Waals surface area (Å²) in [5.74, 6) is 0.912. The van der Waals surface area contributed by atoms with Gasteiger partial charge in [-0.05, 0) is 19.8 Å². The van der Waals surface area contributed by atoms with Crippen LogP contribution >= 0.6 is 11.3 Å². The van der Waals surface area contributed by atoms with Crippen molar-refractivity contribution in [3.8, 4) is 0 Å². The summed E-state index contributed by atoms with van der Waals surface area (Å²) in [5, 5.41) is 9.43. The number of aryl methyl sites for hydroxylation is 1. The first-order valence-electron chi connectivity index (χ1n) is 6.66. The zero-order valence-electron chi connectivity index (χ0n) is 12.1. The highest BCUT2D eigenvalue weighted by Crippen LogP contribution is 2.18. The molecule has 2 rings (SSSR count). The fourth-order valence-electron chi connectivity index (χ4n) is 1.83. The number of rotatable bonds is 5. The third kappa shape index (κ3) is 3.04. The van der Waals surface area contributed by atoms with Crippen molar-refractivity contribution in [2.24, 2.45) is 0 Å². The lowest BCUT2D eigenvalue weighted by atomic mass is 10.2. The number of nitrogens with one attached hydrogen (secondary N) is 1. The minimum atomic E-state index is -0.198. The molecule has 2 aromatic heterocycles. The normalized spacial score (nSPS) is 12.7. The predicted octanol–water partition coefficient (Wildman–Crippen LogP) is 2.37. The Kier molecular flexibility index (Phi) is 4.49. The van der Waals surface area contributed by atoms with Crippen LogP contribution in [0.4, 0.5) is 0 Å². The first-order chi connectivity index (χ1) is 9.52. The molecule has 0 aliphatic carbocycles. The Labute approximate surface area is 122 Å². The quantitative estimate of drug-likeness (QED) is 0.918. The van der Waals surface area contributed by atoms with E-state index in [1.807, 2.05) is 19.2 Å². The van der Waals surface area contributed by atoms with Crippen molar-refractivity contribution >= 4 is 17.2 Å². The second-order valence-electron chi connectivity index (χ2n) is 4.86. The first kappa shape index (κ1) is 14.6. The van der Waals surface area contributed by atoms with Crippen molar-refractivity contribution in [3.05, 3.63) is 28.2 Å². The van der Waals surface area contributed by atoms with Crippen LogP contribution in [-0.4, -0.2) is 25.7 Å². The molecular weight excluding hydrogens is 274 g/mol. The van der Waals surface area contributed by atoms with Gasteiger partial charge in [0.15, 0.2) is 5.01 Å². The zero-order chi connectivity index (χ0) is 14.7. The van der Waals surface area contributed by atoms with Crippen molar-refractivity contribution in [2.75, 3.05) is 0 Å². The van der Waals surface area contributed by atoms with E-state index in [0.717, 1.165) is 18.1 Å². The molecule has 0 radical (unpaired) electrons. The van der Waals surface area contributed by atoms with E-state index >= 15 is 0 Å². The molecule has 1 N–H and O–H groups in total. The van der Waals surface area contributed by atoms with Crippen molar-refractivity contribution < 1.29 is 4.79 Å². The minimum Gasteiger partial charge on any atom is -0.340 e. The summed E-state index contributed by atoms with van der Waals surface area (Å²) in [6, 6.07) is -0.198. The topological polar surface area (TPSA) is 72.7 Å². The minimum absolute atomic E-state index is 0.167. The smallest absolute Gasteiger partial charge is 0.280 e. The van der Waals surface area contributed by atoms with Gasteiger partial charge in [0.2, 0.25) is 0 Å². The van der Waals surface area contributed by atoms with Crippen LogP contribution in [-0.2, 0) is 6.54 Å². The Morgan fingerprint density at radius 2 is 2.20 bits per heavy atom. The summed E-state index contributed by atoms with van der Waals surface area (Å²) < 4.78 is 1.77. The highest BCUT2D eigenvalue weighted by molar-refractivity contribution is 7.11. The molecule has 0 aromatic carbocycles. The van der Waals surface area contributed by atoms with Gasteiger partial charge in [-0.2, -0.15) is 5.10 Å². The number of thiazole rings is 1. The Morgan fingerprint density at radius 1 is 1.45 bits per heavy atom. The van der Waals surface area contributed by atoms with Crippen molar-refractivity contribution in [1.29, 1.82) is 0 Å². The van der Waals surface area contributed by atoms with Gasteiger partial charge < -0.3 is 5.32 Å².